The Labute approximate surface area is 158 Å². The average molecular weight is 391 g/mol. The molecule has 0 saturated heterocycles. The summed E-state index contributed by atoms with van der Waals surface area (Å²) in [6.45, 7) is 2.21. The number of nitrogens with zero attached hydrogens (tertiary/aromatic N) is 1. The summed E-state index contributed by atoms with van der Waals surface area (Å²) in [5.41, 5.74) is 0.591. The van der Waals surface area contributed by atoms with E-state index < -0.39 is 10.0 Å². The van der Waals surface area contributed by atoms with Crippen LogP contribution in [-0.2, 0) is 14.8 Å². The summed E-state index contributed by atoms with van der Waals surface area (Å²) in [6, 6.07) is 12.8. The number of likely N-dealkylation sites (N-methyl/N-ethyl adjacent to an activating group) is 1. The predicted molar refractivity (Wildman–Crippen MR) is 102 cm³/mol. The molecule has 1 amide bonds. The van der Waals surface area contributed by atoms with Crippen LogP contribution in [0.2, 0.25) is 0 Å². The van der Waals surface area contributed by atoms with Crippen molar-refractivity contribution in [2.24, 2.45) is 5.10 Å². The molecular weight excluding hydrogens is 370 g/mol. The monoisotopic (exact) mass is 391 g/mol. The molecule has 0 aromatic heterocycles. The van der Waals surface area contributed by atoms with Gasteiger partial charge in [0.05, 0.1) is 18.2 Å². The summed E-state index contributed by atoms with van der Waals surface area (Å²) in [5, 5.41) is 6.40. The Balaban J connectivity index is 2.04. The topological polar surface area (TPSA) is 106 Å². The van der Waals surface area contributed by atoms with Crippen LogP contribution < -0.4 is 19.6 Å². The summed E-state index contributed by atoms with van der Waals surface area (Å²) in [5.74, 6) is 0.556. The first kappa shape index (κ1) is 20.2. The van der Waals surface area contributed by atoms with E-state index in [9.17, 15) is 13.2 Å². The molecule has 2 aromatic rings. The first-order valence-electron chi connectivity index (χ1n) is 8.13. The van der Waals surface area contributed by atoms with Crippen LogP contribution in [0.5, 0.6) is 11.5 Å². The van der Waals surface area contributed by atoms with Crippen LogP contribution in [0.15, 0.2) is 58.5 Å². The minimum Gasteiger partial charge on any atom is -0.493 e. The van der Waals surface area contributed by atoms with Crippen LogP contribution >= 0.6 is 0 Å². The Morgan fingerprint density at radius 2 is 1.89 bits per heavy atom. The fourth-order valence-corrected chi connectivity index (χ4v) is 2.91. The van der Waals surface area contributed by atoms with Crippen molar-refractivity contribution in [3.63, 3.8) is 0 Å². The smallest absolute Gasteiger partial charge is 0.276 e. The van der Waals surface area contributed by atoms with E-state index >= 15 is 0 Å². The van der Waals surface area contributed by atoms with Gasteiger partial charge >= 0.3 is 0 Å². The maximum absolute atomic E-state index is 12.1. The lowest BCUT2D eigenvalue weighted by Gasteiger charge is -2.11. The van der Waals surface area contributed by atoms with Crippen LogP contribution in [0.4, 0.5) is 0 Å². The van der Waals surface area contributed by atoms with Crippen molar-refractivity contribution in [1.82, 2.24) is 10.1 Å². The lowest BCUT2D eigenvalue weighted by molar-refractivity contribution is -0.123. The summed E-state index contributed by atoms with van der Waals surface area (Å²) in [6.07, 6.45) is 1.34. The first-order chi connectivity index (χ1) is 13.0. The van der Waals surface area contributed by atoms with Gasteiger partial charge in [-0.25, -0.2) is 4.83 Å². The molecule has 0 aliphatic carbocycles. The molecule has 0 heterocycles. The Kier molecular flexibility index (Phi) is 7.18. The number of carbonyl (C=O) groups is 1. The molecule has 2 rings (SSSR count). The molecule has 0 radical (unpaired) electrons. The number of benzene rings is 2. The lowest BCUT2D eigenvalue weighted by atomic mass is 10.2. The van der Waals surface area contributed by atoms with Crippen LogP contribution in [-0.4, -0.2) is 40.8 Å². The van der Waals surface area contributed by atoms with Gasteiger partial charge in [-0.3, -0.25) is 4.79 Å². The minimum absolute atomic E-state index is 0.119. The molecule has 27 heavy (non-hydrogen) atoms. The number of carbonyl (C=O) groups excluding carboxylic acids is 1. The van der Waals surface area contributed by atoms with Crippen molar-refractivity contribution in [3.05, 3.63) is 54.1 Å². The zero-order chi connectivity index (χ0) is 19.7. The number of nitrogens with one attached hydrogen (secondary N) is 2. The van der Waals surface area contributed by atoms with Crippen molar-refractivity contribution in [1.29, 1.82) is 0 Å². The molecule has 0 unspecified atom stereocenters. The highest BCUT2D eigenvalue weighted by molar-refractivity contribution is 7.89. The number of rotatable bonds is 9. The number of methoxy groups -OCH3 is 1. The van der Waals surface area contributed by atoms with Crippen molar-refractivity contribution < 1.29 is 22.7 Å². The second-order valence-corrected chi connectivity index (χ2v) is 6.98. The standard InChI is InChI=1S/C18H21N3O5S/c1-3-19-18(22)13-26-16-10-9-14(11-17(16)25-2)12-20-21-27(23,24)15-7-5-4-6-8-15/h4-12,21H,3,13H2,1-2H3,(H,19,22)/b20-12+. The van der Waals surface area contributed by atoms with E-state index in [1.54, 1.807) is 36.4 Å². The van der Waals surface area contributed by atoms with E-state index in [1.165, 1.54) is 25.5 Å². The molecule has 9 heteroatoms. The molecule has 144 valence electrons. The second-order valence-electron chi connectivity index (χ2n) is 5.32. The van der Waals surface area contributed by atoms with E-state index in [1.807, 2.05) is 6.92 Å². The molecular formula is C18H21N3O5S. The number of hydrogen-bond acceptors (Lipinski definition) is 6. The van der Waals surface area contributed by atoms with Crippen LogP contribution in [0, 0.1) is 0 Å². The van der Waals surface area contributed by atoms with Gasteiger partial charge in [-0.1, -0.05) is 18.2 Å². The normalized spacial score (nSPS) is 11.2. The van der Waals surface area contributed by atoms with Gasteiger partial charge in [0.15, 0.2) is 18.1 Å². The molecule has 0 saturated carbocycles. The van der Waals surface area contributed by atoms with E-state index in [4.69, 9.17) is 9.47 Å². The van der Waals surface area contributed by atoms with Gasteiger partial charge in [0.1, 0.15) is 0 Å². The number of amides is 1. The van der Waals surface area contributed by atoms with Gasteiger partial charge in [-0.15, -0.1) is 0 Å². The summed E-state index contributed by atoms with van der Waals surface area (Å²) >= 11 is 0. The number of sulfonamides is 1. The van der Waals surface area contributed by atoms with Gasteiger partial charge in [-0.2, -0.15) is 13.5 Å². The summed E-state index contributed by atoms with van der Waals surface area (Å²) in [4.78, 5) is 13.7. The molecule has 0 aliphatic rings. The highest BCUT2D eigenvalue weighted by Gasteiger charge is 2.11. The van der Waals surface area contributed by atoms with Crippen LogP contribution in [0.3, 0.4) is 0 Å². The molecule has 0 atom stereocenters. The van der Waals surface area contributed by atoms with E-state index in [2.05, 4.69) is 15.2 Å². The van der Waals surface area contributed by atoms with Gasteiger partial charge in [0.25, 0.3) is 15.9 Å². The fourth-order valence-electron chi connectivity index (χ4n) is 2.10. The van der Waals surface area contributed by atoms with E-state index in [0.717, 1.165) is 0 Å². The maximum atomic E-state index is 12.1. The zero-order valence-electron chi connectivity index (χ0n) is 15.0. The highest BCUT2D eigenvalue weighted by Crippen LogP contribution is 2.27. The number of ether oxygens (including phenoxy) is 2. The van der Waals surface area contributed by atoms with Gasteiger partial charge < -0.3 is 14.8 Å². The van der Waals surface area contributed by atoms with Crippen LogP contribution in [0.1, 0.15) is 12.5 Å². The Morgan fingerprint density at radius 1 is 1.15 bits per heavy atom. The molecule has 0 spiro atoms. The maximum Gasteiger partial charge on any atom is 0.276 e. The van der Waals surface area contributed by atoms with Crippen molar-refractivity contribution in [3.8, 4) is 11.5 Å². The van der Waals surface area contributed by atoms with Gasteiger partial charge in [-0.05, 0) is 42.8 Å². The third kappa shape index (κ3) is 6.00. The average Bonchev–Trinajstić information content (AvgIpc) is 2.67. The minimum atomic E-state index is -3.73. The Bertz CT molecular complexity index is 898. The zero-order valence-corrected chi connectivity index (χ0v) is 15.8. The molecule has 2 aromatic carbocycles. The van der Waals surface area contributed by atoms with Gasteiger partial charge in [0, 0.05) is 6.54 Å². The lowest BCUT2D eigenvalue weighted by Crippen LogP contribution is -2.28. The third-order valence-corrected chi connectivity index (χ3v) is 4.60. The largest absolute Gasteiger partial charge is 0.493 e. The van der Waals surface area contributed by atoms with E-state index in [-0.39, 0.29) is 17.4 Å². The first-order valence-corrected chi connectivity index (χ1v) is 9.62. The Morgan fingerprint density at radius 3 is 2.56 bits per heavy atom. The quantitative estimate of drug-likeness (QED) is 0.498. The van der Waals surface area contributed by atoms with Crippen molar-refractivity contribution in [2.45, 2.75) is 11.8 Å². The number of hydrogen-bond donors (Lipinski definition) is 2. The summed E-state index contributed by atoms with van der Waals surface area (Å²) < 4.78 is 34.8. The SMILES string of the molecule is CCNC(=O)COc1ccc(/C=N/NS(=O)(=O)c2ccccc2)cc1OC. The van der Waals surface area contributed by atoms with E-state index in [0.29, 0.717) is 23.6 Å². The second kappa shape index (κ2) is 9.58. The van der Waals surface area contributed by atoms with Crippen LogP contribution in [0.25, 0.3) is 0 Å². The molecule has 8 nitrogen and oxygen atoms in total. The molecule has 2 N–H and O–H groups in total. The molecule has 0 aliphatic heterocycles. The molecule has 0 bridgehead atoms. The Hall–Kier alpha value is -3.07. The summed E-state index contributed by atoms with van der Waals surface area (Å²) in [7, 11) is -2.26. The fraction of sp³-hybridized carbons (Fsp3) is 0.222. The highest BCUT2D eigenvalue weighted by atomic mass is 32.2. The molecule has 0 fully saturated rings. The third-order valence-electron chi connectivity index (χ3n) is 3.36. The predicted octanol–water partition coefficient (Wildman–Crippen LogP) is 1.52. The number of hydrazone groups is 1. The van der Waals surface area contributed by atoms with Crippen molar-refractivity contribution >= 4 is 22.1 Å². The van der Waals surface area contributed by atoms with Gasteiger partial charge in [0.2, 0.25) is 0 Å². The van der Waals surface area contributed by atoms with Crippen molar-refractivity contribution in [2.75, 3.05) is 20.3 Å².